The van der Waals surface area contributed by atoms with Crippen molar-refractivity contribution >= 4 is 0 Å². The van der Waals surface area contributed by atoms with Gasteiger partial charge in [0.05, 0.1) is 17.1 Å². The third-order valence-corrected chi connectivity index (χ3v) is 3.84. The van der Waals surface area contributed by atoms with Gasteiger partial charge in [0.2, 0.25) is 0 Å². The van der Waals surface area contributed by atoms with E-state index in [4.69, 9.17) is 5.73 Å². The van der Waals surface area contributed by atoms with Gasteiger partial charge < -0.3 is 5.73 Å². The number of aromatic nitrogens is 4. The number of rotatable bonds is 3. The lowest BCUT2D eigenvalue weighted by molar-refractivity contribution is 0.798. The zero-order chi connectivity index (χ0) is 15.0. The third kappa shape index (κ3) is 2.15. The summed E-state index contributed by atoms with van der Waals surface area (Å²) in [5, 5.41) is 4.67. The average Bonchev–Trinajstić information content (AvgIpc) is 3.00. The summed E-state index contributed by atoms with van der Waals surface area (Å²) in [5.41, 5.74) is 11.1. The Morgan fingerprint density at radius 3 is 2.33 bits per heavy atom. The molecule has 0 aliphatic heterocycles. The minimum absolute atomic E-state index is 0.449. The van der Waals surface area contributed by atoms with Crippen LogP contribution in [0.5, 0.6) is 0 Å². The first-order chi connectivity index (χ1) is 10.1. The Bertz CT molecular complexity index is 768. The largest absolute Gasteiger partial charge is 0.326 e. The van der Waals surface area contributed by atoms with Gasteiger partial charge in [-0.2, -0.15) is 5.10 Å². The summed E-state index contributed by atoms with van der Waals surface area (Å²) >= 11 is 0. The third-order valence-electron chi connectivity index (χ3n) is 3.84. The number of benzene rings is 1. The molecule has 5 nitrogen and oxygen atoms in total. The molecule has 0 bridgehead atoms. The lowest BCUT2D eigenvalue weighted by Crippen LogP contribution is -2.09. The van der Waals surface area contributed by atoms with E-state index in [2.05, 4.69) is 21.6 Å². The van der Waals surface area contributed by atoms with Crippen LogP contribution in [0.3, 0.4) is 0 Å². The SMILES string of the molecule is Cc1nn(-c2ccccc2)c(-n2cnc(C)c2C)c1CN. The van der Waals surface area contributed by atoms with Crippen LogP contribution in [0.2, 0.25) is 0 Å². The molecule has 0 aliphatic rings. The molecule has 0 aliphatic carbocycles. The van der Waals surface area contributed by atoms with E-state index in [-0.39, 0.29) is 0 Å². The summed E-state index contributed by atoms with van der Waals surface area (Å²) < 4.78 is 4.00. The lowest BCUT2D eigenvalue weighted by atomic mass is 10.2. The van der Waals surface area contributed by atoms with Crippen LogP contribution in [0.1, 0.15) is 22.6 Å². The van der Waals surface area contributed by atoms with Crippen molar-refractivity contribution in [2.45, 2.75) is 27.3 Å². The van der Waals surface area contributed by atoms with Crippen LogP contribution in [0, 0.1) is 20.8 Å². The van der Waals surface area contributed by atoms with Crippen LogP contribution < -0.4 is 5.73 Å². The molecule has 0 fully saturated rings. The van der Waals surface area contributed by atoms with E-state index in [0.717, 1.165) is 34.2 Å². The van der Waals surface area contributed by atoms with Gasteiger partial charge in [0.15, 0.2) is 0 Å². The summed E-state index contributed by atoms with van der Waals surface area (Å²) in [5.74, 6) is 0.972. The van der Waals surface area contributed by atoms with E-state index >= 15 is 0 Å². The molecule has 21 heavy (non-hydrogen) atoms. The Morgan fingerprint density at radius 2 is 1.76 bits per heavy atom. The zero-order valence-electron chi connectivity index (χ0n) is 12.5. The van der Waals surface area contributed by atoms with Crippen LogP contribution in [-0.2, 0) is 6.54 Å². The first-order valence-corrected chi connectivity index (χ1v) is 6.98. The van der Waals surface area contributed by atoms with Crippen molar-refractivity contribution in [3.63, 3.8) is 0 Å². The van der Waals surface area contributed by atoms with Gasteiger partial charge in [0.25, 0.3) is 0 Å². The molecule has 0 amide bonds. The molecule has 2 heterocycles. The molecule has 0 saturated carbocycles. The highest BCUT2D eigenvalue weighted by Gasteiger charge is 2.18. The smallest absolute Gasteiger partial charge is 0.146 e. The number of nitrogens with zero attached hydrogens (tertiary/aromatic N) is 4. The molecule has 5 heteroatoms. The molecule has 0 radical (unpaired) electrons. The van der Waals surface area contributed by atoms with Gasteiger partial charge in [-0.3, -0.25) is 4.57 Å². The molecule has 0 spiro atoms. The highest BCUT2D eigenvalue weighted by Crippen LogP contribution is 2.24. The van der Waals surface area contributed by atoms with E-state index in [1.165, 1.54) is 0 Å². The molecule has 3 rings (SSSR count). The molecule has 3 aromatic rings. The molecule has 0 atom stereocenters. The second-order valence-electron chi connectivity index (χ2n) is 5.12. The van der Waals surface area contributed by atoms with Crippen molar-refractivity contribution < 1.29 is 0 Å². The summed E-state index contributed by atoms with van der Waals surface area (Å²) in [6, 6.07) is 10.1. The molecular weight excluding hydrogens is 262 g/mol. The molecule has 0 unspecified atom stereocenters. The minimum Gasteiger partial charge on any atom is -0.326 e. The van der Waals surface area contributed by atoms with E-state index < -0.39 is 0 Å². The van der Waals surface area contributed by atoms with Crippen molar-refractivity contribution in [2.24, 2.45) is 5.73 Å². The zero-order valence-corrected chi connectivity index (χ0v) is 12.5. The number of nitrogens with two attached hydrogens (primary N) is 1. The molecular formula is C16H19N5. The number of hydrogen-bond acceptors (Lipinski definition) is 3. The molecule has 108 valence electrons. The second-order valence-corrected chi connectivity index (χ2v) is 5.12. The Labute approximate surface area is 124 Å². The summed E-state index contributed by atoms with van der Waals surface area (Å²) in [6.45, 7) is 6.50. The predicted octanol–water partition coefficient (Wildman–Crippen LogP) is 2.44. The topological polar surface area (TPSA) is 61.7 Å². The minimum atomic E-state index is 0.449. The number of aryl methyl sites for hydroxylation is 2. The first kappa shape index (κ1) is 13.6. The quantitative estimate of drug-likeness (QED) is 0.802. The molecule has 2 aromatic heterocycles. The van der Waals surface area contributed by atoms with Crippen LogP contribution >= 0.6 is 0 Å². The average molecular weight is 281 g/mol. The van der Waals surface area contributed by atoms with Crippen LogP contribution in [-0.4, -0.2) is 19.3 Å². The molecule has 0 saturated heterocycles. The van der Waals surface area contributed by atoms with Crippen LogP contribution in [0.4, 0.5) is 0 Å². The van der Waals surface area contributed by atoms with Gasteiger partial charge in [-0.05, 0) is 32.9 Å². The van der Waals surface area contributed by atoms with Crippen molar-refractivity contribution in [1.29, 1.82) is 0 Å². The number of hydrogen-bond donors (Lipinski definition) is 1. The fraction of sp³-hybridized carbons (Fsp3) is 0.250. The first-order valence-electron chi connectivity index (χ1n) is 6.98. The Morgan fingerprint density at radius 1 is 1.05 bits per heavy atom. The molecule has 2 N–H and O–H groups in total. The van der Waals surface area contributed by atoms with Gasteiger partial charge in [0, 0.05) is 17.8 Å². The monoisotopic (exact) mass is 281 g/mol. The van der Waals surface area contributed by atoms with Crippen molar-refractivity contribution in [2.75, 3.05) is 0 Å². The molecule has 1 aromatic carbocycles. The van der Waals surface area contributed by atoms with Gasteiger partial charge >= 0.3 is 0 Å². The van der Waals surface area contributed by atoms with Gasteiger partial charge in [-0.25, -0.2) is 9.67 Å². The summed E-state index contributed by atoms with van der Waals surface area (Å²) in [6.07, 6.45) is 1.83. The number of imidazole rings is 1. The van der Waals surface area contributed by atoms with Crippen molar-refractivity contribution in [1.82, 2.24) is 19.3 Å². The number of para-hydroxylation sites is 1. The highest BCUT2D eigenvalue weighted by molar-refractivity contribution is 5.47. The van der Waals surface area contributed by atoms with E-state index in [0.29, 0.717) is 6.54 Å². The maximum absolute atomic E-state index is 5.95. The predicted molar refractivity (Wildman–Crippen MR) is 82.8 cm³/mol. The van der Waals surface area contributed by atoms with E-state index in [1.54, 1.807) is 0 Å². The normalized spacial score (nSPS) is 11.0. The van der Waals surface area contributed by atoms with E-state index in [9.17, 15) is 0 Å². The Balaban J connectivity index is 2.30. The van der Waals surface area contributed by atoms with Crippen molar-refractivity contribution in [3.8, 4) is 11.5 Å². The van der Waals surface area contributed by atoms with Crippen LogP contribution in [0.25, 0.3) is 11.5 Å². The van der Waals surface area contributed by atoms with Crippen LogP contribution in [0.15, 0.2) is 36.7 Å². The van der Waals surface area contributed by atoms with Gasteiger partial charge in [-0.15, -0.1) is 0 Å². The maximum atomic E-state index is 5.95. The van der Waals surface area contributed by atoms with Gasteiger partial charge in [0.1, 0.15) is 12.1 Å². The second kappa shape index (κ2) is 5.18. The van der Waals surface area contributed by atoms with Crippen molar-refractivity contribution in [3.05, 3.63) is 59.3 Å². The fourth-order valence-electron chi connectivity index (χ4n) is 2.50. The van der Waals surface area contributed by atoms with E-state index in [1.807, 2.05) is 55.2 Å². The summed E-state index contributed by atoms with van der Waals surface area (Å²) in [4.78, 5) is 4.39. The maximum Gasteiger partial charge on any atom is 0.146 e. The fourth-order valence-corrected chi connectivity index (χ4v) is 2.50. The van der Waals surface area contributed by atoms with Gasteiger partial charge in [-0.1, -0.05) is 18.2 Å². The Kier molecular flexibility index (Phi) is 3.35. The lowest BCUT2D eigenvalue weighted by Gasteiger charge is -2.11. The highest BCUT2D eigenvalue weighted by atomic mass is 15.4. The Hall–Kier alpha value is -2.40. The summed E-state index contributed by atoms with van der Waals surface area (Å²) in [7, 11) is 0. The standard InChI is InChI=1S/C16H19N5/c1-11-13(3)20(10-18-11)16-15(9-17)12(2)19-21(16)14-7-5-4-6-8-14/h4-8,10H,9,17H2,1-3H3.